The molecule has 9 aromatic rings. The van der Waals surface area contributed by atoms with E-state index in [0.717, 1.165) is 88.3 Å². The van der Waals surface area contributed by atoms with E-state index in [1.54, 1.807) is 0 Å². The third-order valence-electron chi connectivity index (χ3n) is 14.7. The first-order valence-electron chi connectivity index (χ1n) is 20.7. The van der Waals surface area contributed by atoms with Crippen molar-refractivity contribution >= 4 is 88.3 Å². The summed E-state index contributed by atoms with van der Waals surface area (Å²) < 4.78 is 0. The van der Waals surface area contributed by atoms with Gasteiger partial charge in [0.25, 0.3) is 0 Å². The molecule has 298 valence electrons. The number of rotatable bonds is 0. The van der Waals surface area contributed by atoms with Gasteiger partial charge in [0.2, 0.25) is 0 Å². The summed E-state index contributed by atoms with van der Waals surface area (Å²) in [5.74, 6) is 0. The summed E-state index contributed by atoms with van der Waals surface area (Å²) in [6.07, 6.45) is 0. The van der Waals surface area contributed by atoms with Crippen molar-refractivity contribution in [3.8, 4) is 0 Å². The Morgan fingerprint density at radius 1 is 0.172 bits per heavy atom. The van der Waals surface area contributed by atoms with Crippen molar-refractivity contribution in [2.75, 3.05) is 0 Å². The van der Waals surface area contributed by atoms with Gasteiger partial charge in [-0.2, -0.15) is 0 Å². The van der Waals surface area contributed by atoms with Gasteiger partial charge in [-0.05, 0) is 212 Å². The number of H-pyrrole nitrogens is 8. The molecule has 0 spiro atoms. The average Bonchev–Trinajstić information content (AvgIpc) is 4.06. The third-order valence-corrected chi connectivity index (χ3v) is 14.7. The van der Waals surface area contributed by atoms with Crippen LogP contribution in [0.25, 0.3) is 88.3 Å². The fraction of sp³-hybridized carbons (Fsp3) is 0.320. The number of aromatic nitrogens is 8. The van der Waals surface area contributed by atoms with Gasteiger partial charge in [0, 0.05) is 22.1 Å². The van der Waals surface area contributed by atoms with Crippen molar-refractivity contribution < 1.29 is 0 Å². The number of aryl methyl sites for hydroxylation is 16. The van der Waals surface area contributed by atoms with Gasteiger partial charge in [0.15, 0.2) is 0 Å². The highest BCUT2D eigenvalue weighted by Gasteiger charge is 2.18. The second-order valence-corrected chi connectivity index (χ2v) is 17.4. The van der Waals surface area contributed by atoms with Crippen molar-refractivity contribution in [3.05, 3.63) is 101 Å². The molecule has 0 aliphatic carbocycles. The summed E-state index contributed by atoms with van der Waals surface area (Å²) in [6.45, 7) is 35.7. The molecule has 0 aliphatic rings. The summed E-state index contributed by atoms with van der Waals surface area (Å²) in [5, 5.41) is 0. The van der Waals surface area contributed by atoms with Crippen LogP contribution < -0.4 is 0 Å². The summed E-state index contributed by atoms with van der Waals surface area (Å²) in [4.78, 5) is 31.1. The normalized spacial score (nSPS) is 12.1. The van der Waals surface area contributed by atoms with Crippen molar-refractivity contribution in [2.24, 2.45) is 0 Å². The first kappa shape index (κ1) is 37.6. The topological polar surface area (TPSA) is 126 Å². The van der Waals surface area contributed by atoms with Crippen molar-refractivity contribution in [2.45, 2.75) is 111 Å². The molecule has 0 saturated carbocycles. The minimum Gasteiger partial charge on any atom is -0.353 e. The molecule has 0 fully saturated rings. The zero-order valence-corrected chi connectivity index (χ0v) is 37.2. The molecular formula is C50H58N8. The van der Waals surface area contributed by atoms with Crippen molar-refractivity contribution in [1.82, 2.24) is 39.9 Å². The van der Waals surface area contributed by atoms with Crippen LogP contribution in [-0.2, 0) is 0 Å². The van der Waals surface area contributed by atoms with Gasteiger partial charge in [-0.25, -0.2) is 0 Å². The highest BCUT2D eigenvalue weighted by atomic mass is 14.9. The first-order chi connectivity index (χ1) is 27.4. The van der Waals surface area contributed by atoms with Gasteiger partial charge in [-0.15, -0.1) is 0 Å². The van der Waals surface area contributed by atoms with Crippen LogP contribution in [0, 0.1) is 111 Å². The highest BCUT2D eigenvalue weighted by molar-refractivity contribution is 6.01. The Kier molecular flexibility index (Phi) is 8.25. The molecule has 0 aliphatic heterocycles. The van der Waals surface area contributed by atoms with Crippen LogP contribution in [0.5, 0.6) is 0 Å². The van der Waals surface area contributed by atoms with E-state index in [1.165, 1.54) is 89.0 Å². The fourth-order valence-electron chi connectivity index (χ4n) is 9.46. The fourth-order valence-corrected chi connectivity index (χ4v) is 9.46. The molecule has 9 rings (SSSR count). The second-order valence-electron chi connectivity index (χ2n) is 17.4. The van der Waals surface area contributed by atoms with Crippen molar-refractivity contribution in [3.63, 3.8) is 0 Å². The molecule has 9 aromatic heterocycles. The molecule has 0 saturated heterocycles. The van der Waals surface area contributed by atoms with Crippen LogP contribution in [0.3, 0.4) is 0 Å². The molecule has 8 nitrogen and oxygen atoms in total. The van der Waals surface area contributed by atoms with Gasteiger partial charge in [-0.3, -0.25) is 0 Å². The van der Waals surface area contributed by atoms with E-state index in [9.17, 15) is 0 Å². The van der Waals surface area contributed by atoms with Gasteiger partial charge >= 0.3 is 0 Å². The zero-order valence-electron chi connectivity index (χ0n) is 37.2. The zero-order chi connectivity index (χ0) is 41.5. The second kappa shape index (κ2) is 12.7. The SMILES string of the molecule is Cc1c(C)c2[nH]c1cc1[nH]c(c(C)c1C)c1[nH]c(c(C)c1C)c1[nH]c(c(C)c1C)c1[nH]c(cc3[nH]c(c(C)c3C)c3[nH]c(c(C)c3C)c3[nH]c2c(C)c3C)c(C)c1C. The van der Waals surface area contributed by atoms with Crippen LogP contribution in [0.1, 0.15) is 89.0 Å². The first-order valence-corrected chi connectivity index (χ1v) is 20.7. The molecule has 0 aromatic carbocycles. The lowest BCUT2D eigenvalue weighted by molar-refractivity contribution is 1.42. The third kappa shape index (κ3) is 5.06. The maximum absolute atomic E-state index is 3.91. The summed E-state index contributed by atoms with van der Waals surface area (Å²) in [7, 11) is 0. The van der Waals surface area contributed by atoms with Crippen LogP contribution in [0.4, 0.5) is 0 Å². The average molecular weight is 771 g/mol. The van der Waals surface area contributed by atoms with Gasteiger partial charge < -0.3 is 39.9 Å². The molecule has 0 atom stereocenters. The largest absolute Gasteiger partial charge is 0.353 e. The highest BCUT2D eigenvalue weighted by Crippen LogP contribution is 2.36. The molecular weight excluding hydrogens is 713 g/mol. The summed E-state index contributed by atoms with van der Waals surface area (Å²) in [5.41, 5.74) is 38.0. The minimum absolute atomic E-state index is 1.11. The van der Waals surface area contributed by atoms with E-state index in [1.807, 2.05) is 0 Å². The summed E-state index contributed by atoms with van der Waals surface area (Å²) in [6, 6.07) is 4.58. The number of fused-ring (bicyclic) bond motifs is 22. The van der Waals surface area contributed by atoms with Gasteiger partial charge in [0.1, 0.15) is 0 Å². The Morgan fingerprint density at radius 2 is 0.293 bits per heavy atom. The van der Waals surface area contributed by atoms with E-state index >= 15 is 0 Å². The molecule has 16 bridgehead atoms. The molecule has 9 heterocycles. The minimum atomic E-state index is 1.11. The lowest BCUT2D eigenvalue weighted by atomic mass is 10.1. The maximum atomic E-state index is 3.91. The maximum Gasteiger partial charge on any atom is 0.0660 e. The molecule has 0 radical (unpaired) electrons. The predicted octanol–water partition coefficient (Wildman–Crippen LogP) is 13.8. The lowest BCUT2D eigenvalue weighted by Gasteiger charge is -1.93. The number of nitrogens with one attached hydrogen (secondary N) is 8. The van der Waals surface area contributed by atoms with Crippen molar-refractivity contribution in [1.29, 1.82) is 0 Å². The van der Waals surface area contributed by atoms with Crippen LogP contribution >= 0.6 is 0 Å². The Bertz CT molecular complexity index is 3050. The van der Waals surface area contributed by atoms with Crippen LogP contribution in [-0.4, -0.2) is 39.9 Å². The van der Waals surface area contributed by atoms with E-state index in [-0.39, 0.29) is 0 Å². The molecule has 0 unspecified atom stereocenters. The Balaban J connectivity index is 1.49. The van der Waals surface area contributed by atoms with E-state index in [0.29, 0.717) is 0 Å². The lowest BCUT2D eigenvalue weighted by Crippen LogP contribution is -1.76. The predicted molar refractivity (Wildman–Crippen MR) is 250 cm³/mol. The van der Waals surface area contributed by atoms with E-state index < -0.39 is 0 Å². The Labute approximate surface area is 339 Å². The monoisotopic (exact) mass is 770 g/mol. The number of hydrogen-bond donors (Lipinski definition) is 8. The molecule has 8 N–H and O–H groups in total. The standard InChI is InChI=1S/C50H58N8/c1-19-23(5)39-43-27(9)31(13)47(55-43)48-32(14)29(11)45(57-48)41-25(7)21(3)37(53-41)18-38-22(4)26(8)42(54-38)46-30(12)34(16)50(58-46)49-33(15)28(10)44(56-49)40-24(6)20(2)36(52-40)17-35(19)51-39/h17-18,51-58H,1-16H3. The number of hydrogen-bond acceptors (Lipinski definition) is 0. The quantitative estimate of drug-likeness (QED) is 0.0748. The summed E-state index contributed by atoms with van der Waals surface area (Å²) >= 11 is 0. The Hall–Kier alpha value is -6.02. The smallest absolute Gasteiger partial charge is 0.0660 e. The van der Waals surface area contributed by atoms with Gasteiger partial charge in [-0.1, -0.05) is 0 Å². The van der Waals surface area contributed by atoms with E-state index in [2.05, 4.69) is 163 Å². The molecule has 58 heavy (non-hydrogen) atoms. The number of aromatic amines is 8. The van der Waals surface area contributed by atoms with Crippen LogP contribution in [0.2, 0.25) is 0 Å². The van der Waals surface area contributed by atoms with E-state index in [4.69, 9.17) is 0 Å². The molecule has 8 heteroatoms. The Morgan fingerprint density at radius 3 is 0.448 bits per heavy atom. The van der Waals surface area contributed by atoms with Gasteiger partial charge in [0.05, 0.1) is 66.2 Å². The molecule has 0 amide bonds. The van der Waals surface area contributed by atoms with Crippen LogP contribution in [0.15, 0.2) is 12.1 Å².